The van der Waals surface area contributed by atoms with Gasteiger partial charge in [-0.2, -0.15) is 0 Å². The van der Waals surface area contributed by atoms with Crippen LogP contribution in [0, 0.1) is 5.82 Å². The maximum Gasteiger partial charge on any atom is 0.126 e. The largest absolute Gasteiger partial charge is 0.207 e. The fraction of sp³-hybridized carbons (Fsp3) is 0.500. The Hall–Kier alpha value is -0.850. The lowest BCUT2D eigenvalue weighted by Crippen LogP contribution is -2.34. The maximum atomic E-state index is 13.5. The Morgan fingerprint density at radius 2 is 2.00 bits per heavy atom. The first-order valence-corrected chi connectivity index (χ1v) is 5.03. The zero-order valence-electron chi connectivity index (χ0n) is 8.02. The molecule has 0 nitrogen and oxygen atoms in total. The highest BCUT2D eigenvalue weighted by atomic mass is 19.1. The van der Waals surface area contributed by atoms with Crippen molar-refractivity contribution in [1.29, 1.82) is 0 Å². The molecule has 0 spiro atoms. The van der Waals surface area contributed by atoms with Crippen LogP contribution in [-0.4, -0.2) is 0 Å². The number of rotatable bonds is 2. The normalized spacial score (nSPS) is 19.5. The van der Waals surface area contributed by atoms with Gasteiger partial charge in [0.1, 0.15) is 5.82 Å². The van der Waals surface area contributed by atoms with Crippen molar-refractivity contribution in [3.63, 3.8) is 0 Å². The van der Waals surface area contributed by atoms with Gasteiger partial charge in [-0.1, -0.05) is 31.5 Å². The molecule has 1 saturated carbocycles. The molecule has 0 unspecified atom stereocenters. The topological polar surface area (TPSA) is 0 Å². The van der Waals surface area contributed by atoms with Gasteiger partial charge < -0.3 is 0 Å². The van der Waals surface area contributed by atoms with Gasteiger partial charge in [0.25, 0.3) is 0 Å². The Morgan fingerprint density at radius 1 is 1.31 bits per heavy atom. The molecule has 0 amide bonds. The Balaban J connectivity index is 2.38. The van der Waals surface area contributed by atoms with E-state index >= 15 is 0 Å². The number of halogens is 1. The first kappa shape index (κ1) is 8.74. The summed E-state index contributed by atoms with van der Waals surface area (Å²) in [5.74, 6) is -0.0240. The second-order valence-electron chi connectivity index (χ2n) is 3.97. The van der Waals surface area contributed by atoms with E-state index in [9.17, 15) is 4.39 Å². The van der Waals surface area contributed by atoms with Crippen LogP contribution in [0.2, 0.25) is 0 Å². The average molecular weight is 178 g/mol. The monoisotopic (exact) mass is 178 g/mol. The fourth-order valence-corrected chi connectivity index (χ4v) is 2.31. The van der Waals surface area contributed by atoms with E-state index in [1.54, 1.807) is 12.1 Å². The van der Waals surface area contributed by atoms with Crippen LogP contribution >= 0.6 is 0 Å². The molecule has 0 bridgehead atoms. The lowest BCUT2D eigenvalue weighted by Gasteiger charge is -2.42. The van der Waals surface area contributed by atoms with Crippen LogP contribution in [-0.2, 0) is 5.41 Å². The van der Waals surface area contributed by atoms with E-state index in [0.29, 0.717) is 0 Å². The van der Waals surface area contributed by atoms with Crippen molar-refractivity contribution in [2.75, 3.05) is 0 Å². The molecule has 0 aliphatic heterocycles. The van der Waals surface area contributed by atoms with Crippen LogP contribution in [0.25, 0.3) is 0 Å². The van der Waals surface area contributed by atoms with Crippen LogP contribution < -0.4 is 0 Å². The Morgan fingerprint density at radius 3 is 2.46 bits per heavy atom. The second kappa shape index (κ2) is 3.13. The number of benzene rings is 1. The van der Waals surface area contributed by atoms with E-state index in [1.165, 1.54) is 6.42 Å². The molecule has 0 radical (unpaired) electrons. The highest BCUT2D eigenvalue weighted by molar-refractivity contribution is 5.29. The van der Waals surface area contributed by atoms with Gasteiger partial charge in [0, 0.05) is 0 Å². The summed E-state index contributed by atoms with van der Waals surface area (Å²) in [5, 5.41) is 0. The first-order chi connectivity index (χ1) is 6.28. The van der Waals surface area contributed by atoms with Crippen LogP contribution in [0.4, 0.5) is 4.39 Å². The van der Waals surface area contributed by atoms with Crippen LogP contribution in [0.15, 0.2) is 24.3 Å². The highest BCUT2D eigenvalue weighted by Crippen LogP contribution is 2.46. The van der Waals surface area contributed by atoms with Gasteiger partial charge in [0.05, 0.1) is 0 Å². The first-order valence-electron chi connectivity index (χ1n) is 5.03. The fourth-order valence-electron chi connectivity index (χ4n) is 2.31. The minimum Gasteiger partial charge on any atom is -0.207 e. The van der Waals surface area contributed by atoms with E-state index in [0.717, 1.165) is 24.8 Å². The van der Waals surface area contributed by atoms with E-state index in [4.69, 9.17) is 0 Å². The summed E-state index contributed by atoms with van der Waals surface area (Å²) in [4.78, 5) is 0. The van der Waals surface area contributed by atoms with Gasteiger partial charge in [0.2, 0.25) is 0 Å². The van der Waals surface area contributed by atoms with Crippen molar-refractivity contribution in [2.45, 2.75) is 38.0 Å². The molecule has 1 aliphatic carbocycles. The predicted octanol–water partition coefficient (Wildman–Crippen LogP) is 3.66. The third kappa shape index (κ3) is 1.27. The molecule has 70 valence electrons. The summed E-state index contributed by atoms with van der Waals surface area (Å²) in [6, 6.07) is 7.22. The smallest absolute Gasteiger partial charge is 0.126 e. The minimum atomic E-state index is -0.0240. The van der Waals surface area contributed by atoms with Gasteiger partial charge >= 0.3 is 0 Å². The highest BCUT2D eigenvalue weighted by Gasteiger charge is 2.38. The average Bonchev–Trinajstić information content (AvgIpc) is 2.07. The summed E-state index contributed by atoms with van der Waals surface area (Å²) in [7, 11) is 0. The van der Waals surface area contributed by atoms with Crippen molar-refractivity contribution in [3.8, 4) is 0 Å². The summed E-state index contributed by atoms with van der Waals surface area (Å²) >= 11 is 0. The third-order valence-corrected chi connectivity index (χ3v) is 3.43. The second-order valence-corrected chi connectivity index (χ2v) is 3.97. The van der Waals surface area contributed by atoms with Crippen LogP contribution in [0.3, 0.4) is 0 Å². The van der Waals surface area contributed by atoms with Gasteiger partial charge in [-0.15, -0.1) is 0 Å². The molecule has 2 rings (SSSR count). The third-order valence-electron chi connectivity index (χ3n) is 3.43. The van der Waals surface area contributed by atoms with Gasteiger partial charge in [0.15, 0.2) is 0 Å². The standard InChI is InChI=1S/C12H15F/c1-2-12(8-5-9-12)10-6-3-4-7-11(10)13/h3-4,6-7H,2,5,8-9H2,1H3. The SMILES string of the molecule is CCC1(c2ccccc2F)CCC1. The van der Waals surface area contributed by atoms with Gasteiger partial charge in [-0.05, 0) is 36.3 Å². The molecule has 13 heavy (non-hydrogen) atoms. The molecule has 0 aromatic heterocycles. The molecule has 1 aliphatic rings. The molecule has 1 aromatic carbocycles. The quantitative estimate of drug-likeness (QED) is 0.648. The zero-order valence-corrected chi connectivity index (χ0v) is 8.02. The van der Waals surface area contributed by atoms with E-state index in [-0.39, 0.29) is 11.2 Å². The molecule has 1 heteroatoms. The summed E-state index contributed by atoms with van der Waals surface area (Å²) in [5.41, 5.74) is 1.11. The minimum absolute atomic E-state index is 0.0240. The van der Waals surface area contributed by atoms with E-state index < -0.39 is 0 Å². The summed E-state index contributed by atoms with van der Waals surface area (Å²) < 4.78 is 13.5. The maximum absolute atomic E-state index is 13.5. The Labute approximate surface area is 78.8 Å². The lowest BCUT2D eigenvalue weighted by molar-refractivity contribution is 0.227. The Kier molecular flexibility index (Phi) is 2.10. The van der Waals surface area contributed by atoms with Crippen molar-refractivity contribution < 1.29 is 4.39 Å². The number of hydrogen-bond donors (Lipinski definition) is 0. The molecule has 1 fully saturated rings. The predicted molar refractivity (Wildman–Crippen MR) is 52.2 cm³/mol. The lowest BCUT2D eigenvalue weighted by atomic mass is 9.63. The van der Waals surface area contributed by atoms with Crippen molar-refractivity contribution >= 4 is 0 Å². The molecule has 1 aromatic rings. The van der Waals surface area contributed by atoms with Crippen molar-refractivity contribution in [2.24, 2.45) is 0 Å². The van der Waals surface area contributed by atoms with Crippen molar-refractivity contribution in [1.82, 2.24) is 0 Å². The van der Waals surface area contributed by atoms with E-state index in [2.05, 4.69) is 6.92 Å². The Bertz CT molecular complexity index is 294. The molecule has 0 N–H and O–H groups in total. The summed E-state index contributed by atoms with van der Waals surface area (Å²) in [6.07, 6.45) is 4.63. The molecular formula is C12H15F. The van der Waals surface area contributed by atoms with Crippen LogP contribution in [0.1, 0.15) is 38.2 Å². The number of hydrogen-bond acceptors (Lipinski definition) is 0. The molecule has 0 saturated heterocycles. The summed E-state index contributed by atoms with van der Waals surface area (Å²) in [6.45, 7) is 2.16. The molecular weight excluding hydrogens is 163 g/mol. The molecule has 0 atom stereocenters. The van der Waals surface area contributed by atoms with Gasteiger partial charge in [-0.3, -0.25) is 0 Å². The van der Waals surface area contributed by atoms with E-state index in [1.807, 2.05) is 12.1 Å². The van der Waals surface area contributed by atoms with Crippen molar-refractivity contribution in [3.05, 3.63) is 35.6 Å². The zero-order chi connectivity index (χ0) is 9.31. The molecule has 0 heterocycles. The van der Waals surface area contributed by atoms with Gasteiger partial charge in [-0.25, -0.2) is 4.39 Å². The van der Waals surface area contributed by atoms with Crippen LogP contribution in [0.5, 0.6) is 0 Å².